The largest absolute Gasteiger partial charge is 0.333 e. The Bertz CT molecular complexity index is 570. The van der Waals surface area contributed by atoms with Crippen LogP contribution in [0.25, 0.3) is 0 Å². The van der Waals surface area contributed by atoms with E-state index in [1.165, 1.54) is 0 Å². The lowest BCUT2D eigenvalue weighted by Gasteiger charge is -2.05. The van der Waals surface area contributed by atoms with E-state index in [-0.39, 0.29) is 0 Å². The van der Waals surface area contributed by atoms with E-state index in [4.69, 9.17) is 11.6 Å². The maximum atomic E-state index is 6.24. The molecule has 0 atom stereocenters. The molecule has 0 aromatic carbocycles. The zero-order valence-electron chi connectivity index (χ0n) is 12.5. The quantitative estimate of drug-likeness (QED) is 0.890. The summed E-state index contributed by atoms with van der Waals surface area (Å²) in [5.74, 6) is 0.647. The van der Waals surface area contributed by atoms with Crippen LogP contribution in [0.5, 0.6) is 0 Å². The number of nitrogens with one attached hydrogen (secondary N) is 1. The van der Waals surface area contributed by atoms with E-state index in [1.807, 2.05) is 24.9 Å². The van der Waals surface area contributed by atoms with Gasteiger partial charge in [-0.25, -0.2) is 4.98 Å². The number of rotatable bonds is 6. The van der Waals surface area contributed by atoms with Gasteiger partial charge in [-0.2, -0.15) is 5.10 Å². The molecule has 0 aliphatic carbocycles. The molecule has 0 radical (unpaired) electrons. The third kappa shape index (κ3) is 3.61. The molecule has 6 heteroatoms. The van der Waals surface area contributed by atoms with Crippen molar-refractivity contribution < 1.29 is 0 Å². The fourth-order valence-electron chi connectivity index (χ4n) is 2.11. The third-order valence-corrected chi connectivity index (χ3v) is 3.63. The van der Waals surface area contributed by atoms with Gasteiger partial charge < -0.3 is 9.88 Å². The van der Waals surface area contributed by atoms with Crippen molar-refractivity contribution in [1.29, 1.82) is 0 Å². The van der Waals surface area contributed by atoms with Crippen LogP contribution in [-0.2, 0) is 20.1 Å². The van der Waals surface area contributed by atoms with Gasteiger partial charge in [0.25, 0.3) is 0 Å². The van der Waals surface area contributed by atoms with Crippen molar-refractivity contribution in [2.45, 2.75) is 33.9 Å². The normalized spacial score (nSPS) is 11.5. The lowest BCUT2D eigenvalue weighted by Crippen LogP contribution is -2.19. The summed E-state index contributed by atoms with van der Waals surface area (Å²) in [6, 6.07) is 0. The van der Waals surface area contributed by atoms with Crippen molar-refractivity contribution in [3.05, 3.63) is 34.6 Å². The van der Waals surface area contributed by atoms with Gasteiger partial charge in [-0.15, -0.1) is 0 Å². The molecule has 2 rings (SSSR count). The maximum Gasteiger partial charge on any atom is 0.131 e. The van der Waals surface area contributed by atoms with Gasteiger partial charge >= 0.3 is 0 Å². The fourth-order valence-corrected chi connectivity index (χ4v) is 2.34. The molecule has 110 valence electrons. The molecule has 20 heavy (non-hydrogen) atoms. The summed E-state index contributed by atoms with van der Waals surface area (Å²) >= 11 is 6.24. The van der Waals surface area contributed by atoms with Gasteiger partial charge in [0.1, 0.15) is 5.15 Å². The van der Waals surface area contributed by atoms with Crippen molar-refractivity contribution in [2.75, 3.05) is 6.54 Å². The SMILES string of the molecule is Cc1nn(C)c(Cl)c1Cn1cnc(CNCC(C)C)c1. The average molecular weight is 296 g/mol. The summed E-state index contributed by atoms with van der Waals surface area (Å²) in [6.07, 6.45) is 3.89. The molecule has 0 aliphatic rings. The molecule has 1 N–H and O–H groups in total. The number of hydrogen-bond donors (Lipinski definition) is 1. The monoisotopic (exact) mass is 295 g/mol. The van der Waals surface area contributed by atoms with E-state index in [1.54, 1.807) is 4.68 Å². The summed E-state index contributed by atoms with van der Waals surface area (Å²) in [5, 5.41) is 8.40. The van der Waals surface area contributed by atoms with Crippen LogP contribution < -0.4 is 5.32 Å². The Morgan fingerprint density at radius 1 is 1.40 bits per heavy atom. The summed E-state index contributed by atoms with van der Waals surface area (Å²) in [6.45, 7) is 8.86. The molecular weight excluding hydrogens is 274 g/mol. The molecule has 0 unspecified atom stereocenters. The van der Waals surface area contributed by atoms with E-state index in [0.717, 1.165) is 30.0 Å². The molecule has 0 saturated heterocycles. The van der Waals surface area contributed by atoms with Crippen molar-refractivity contribution in [2.24, 2.45) is 13.0 Å². The molecule has 0 spiro atoms. The third-order valence-electron chi connectivity index (χ3n) is 3.16. The molecule has 0 saturated carbocycles. The van der Waals surface area contributed by atoms with Gasteiger partial charge in [0, 0.05) is 25.4 Å². The molecular formula is C14H22ClN5. The van der Waals surface area contributed by atoms with E-state index in [9.17, 15) is 0 Å². The summed E-state index contributed by atoms with van der Waals surface area (Å²) < 4.78 is 3.75. The Morgan fingerprint density at radius 2 is 2.15 bits per heavy atom. The van der Waals surface area contributed by atoms with Gasteiger partial charge in [-0.1, -0.05) is 25.4 Å². The van der Waals surface area contributed by atoms with E-state index >= 15 is 0 Å². The lowest BCUT2D eigenvalue weighted by molar-refractivity contribution is 0.548. The van der Waals surface area contributed by atoms with E-state index in [0.29, 0.717) is 17.6 Å². The smallest absolute Gasteiger partial charge is 0.131 e. The summed E-state index contributed by atoms with van der Waals surface area (Å²) in [5.41, 5.74) is 3.06. The number of hydrogen-bond acceptors (Lipinski definition) is 3. The minimum Gasteiger partial charge on any atom is -0.333 e. The summed E-state index contributed by atoms with van der Waals surface area (Å²) in [7, 11) is 1.86. The summed E-state index contributed by atoms with van der Waals surface area (Å²) in [4.78, 5) is 4.41. The Labute approximate surface area is 125 Å². The maximum absolute atomic E-state index is 6.24. The lowest BCUT2D eigenvalue weighted by atomic mass is 10.2. The second-order valence-electron chi connectivity index (χ2n) is 5.54. The first-order valence-corrected chi connectivity index (χ1v) is 7.24. The van der Waals surface area contributed by atoms with Crippen LogP contribution in [0.15, 0.2) is 12.5 Å². The Balaban J connectivity index is 1.99. The van der Waals surface area contributed by atoms with Crippen LogP contribution in [0.2, 0.25) is 5.15 Å². The number of nitrogens with zero attached hydrogens (tertiary/aromatic N) is 4. The molecule has 0 fully saturated rings. The van der Waals surface area contributed by atoms with Crippen molar-refractivity contribution in [3.8, 4) is 0 Å². The molecule has 2 aromatic heterocycles. The molecule has 5 nitrogen and oxygen atoms in total. The van der Waals surface area contributed by atoms with Crippen molar-refractivity contribution in [1.82, 2.24) is 24.6 Å². The first-order valence-electron chi connectivity index (χ1n) is 6.86. The highest BCUT2D eigenvalue weighted by Crippen LogP contribution is 2.19. The highest BCUT2D eigenvalue weighted by molar-refractivity contribution is 6.30. The molecule has 0 bridgehead atoms. The zero-order valence-corrected chi connectivity index (χ0v) is 13.3. The number of aryl methyl sites for hydroxylation is 2. The van der Waals surface area contributed by atoms with Gasteiger partial charge in [-0.05, 0) is 19.4 Å². The second-order valence-corrected chi connectivity index (χ2v) is 5.90. The number of aromatic nitrogens is 4. The first kappa shape index (κ1) is 15.1. The molecule has 0 amide bonds. The Kier molecular flexibility index (Phi) is 4.83. The predicted octanol–water partition coefficient (Wildman–Crippen LogP) is 2.37. The zero-order chi connectivity index (χ0) is 14.7. The minimum atomic E-state index is 0.647. The van der Waals surface area contributed by atoms with E-state index < -0.39 is 0 Å². The van der Waals surface area contributed by atoms with Gasteiger partial charge in [0.15, 0.2) is 0 Å². The fraction of sp³-hybridized carbons (Fsp3) is 0.571. The van der Waals surface area contributed by atoms with Gasteiger partial charge in [0.05, 0.1) is 24.3 Å². The average Bonchev–Trinajstić information content (AvgIpc) is 2.90. The highest BCUT2D eigenvalue weighted by Gasteiger charge is 2.11. The molecule has 2 heterocycles. The van der Waals surface area contributed by atoms with Crippen LogP contribution in [0.1, 0.15) is 30.8 Å². The van der Waals surface area contributed by atoms with Gasteiger partial charge in [-0.3, -0.25) is 4.68 Å². The number of imidazole rings is 1. The van der Waals surface area contributed by atoms with Crippen LogP contribution in [0.4, 0.5) is 0 Å². The Morgan fingerprint density at radius 3 is 2.75 bits per heavy atom. The van der Waals surface area contributed by atoms with Crippen molar-refractivity contribution >= 4 is 11.6 Å². The Hall–Kier alpha value is -1.33. The second kappa shape index (κ2) is 6.41. The predicted molar refractivity (Wildman–Crippen MR) is 80.8 cm³/mol. The highest BCUT2D eigenvalue weighted by atomic mass is 35.5. The van der Waals surface area contributed by atoms with Crippen LogP contribution in [0, 0.1) is 12.8 Å². The number of halogens is 1. The molecule has 0 aliphatic heterocycles. The van der Waals surface area contributed by atoms with Crippen LogP contribution in [-0.4, -0.2) is 25.9 Å². The van der Waals surface area contributed by atoms with E-state index in [2.05, 4.69) is 35.4 Å². The van der Waals surface area contributed by atoms with Crippen LogP contribution >= 0.6 is 11.6 Å². The topological polar surface area (TPSA) is 47.7 Å². The standard InChI is InChI=1S/C14H22ClN5/c1-10(2)5-16-6-12-7-20(9-17-12)8-13-11(3)18-19(4)14(13)15/h7,9-10,16H,5-6,8H2,1-4H3. The van der Waals surface area contributed by atoms with Crippen LogP contribution in [0.3, 0.4) is 0 Å². The molecule has 2 aromatic rings. The minimum absolute atomic E-state index is 0.647. The van der Waals surface area contributed by atoms with Gasteiger partial charge in [0.2, 0.25) is 0 Å². The first-order chi connectivity index (χ1) is 9.47. The van der Waals surface area contributed by atoms with Crippen molar-refractivity contribution in [3.63, 3.8) is 0 Å².